The number of nitro groups is 1. The van der Waals surface area contributed by atoms with Gasteiger partial charge in [-0.15, -0.1) is 0 Å². The van der Waals surface area contributed by atoms with Crippen molar-refractivity contribution in [1.29, 1.82) is 0 Å². The van der Waals surface area contributed by atoms with Gasteiger partial charge in [-0.05, 0) is 24.5 Å². The second-order valence-corrected chi connectivity index (χ2v) is 2.72. The van der Waals surface area contributed by atoms with E-state index in [-0.39, 0.29) is 10.6 Å². The van der Waals surface area contributed by atoms with Crippen LogP contribution in [0.25, 0.3) is 0 Å². The van der Waals surface area contributed by atoms with Gasteiger partial charge in [0.15, 0.2) is 0 Å². The van der Waals surface area contributed by atoms with Crippen LogP contribution in [0.1, 0.15) is 18.1 Å². The van der Waals surface area contributed by atoms with Crippen LogP contribution in [0.3, 0.4) is 0 Å². The molecule has 3 heteroatoms. The molecule has 0 aromatic heterocycles. The Balaban J connectivity index is 3.10. The summed E-state index contributed by atoms with van der Waals surface area (Å²) in [4.78, 5) is 9.99. The van der Waals surface area contributed by atoms with Crippen LogP contribution in [0.15, 0.2) is 18.2 Å². The summed E-state index contributed by atoms with van der Waals surface area (Å²) >= 11 is 0. The maximum atomic E-state index is 10.4. The monoisotopic (exact) mass is 165 g/mol. The second kappa shape index (κ2) is 3.34. The summed E-state index contributed by atoms with van der Waals surface area (Å²) in [5, 5.41) is 10.4. The van der Waals surface area contributed by atoms with Crippen molar-refractivity contribution in [2.75, 3.05) is 0 Å². The van der Waals surface area contributed by atoms with Crippen molar-refractivity contribution in [3.63, 3.8) is 0 Å². The maximum absolute atomic E-state index is 10.4. The van der Waals surface area contributed by atoms with Gasteiger partial charge in [0.1, 0.15) is 0 Å². The Bertz CT molecular complexity index is 307. The van der Waals surface area contributed by atoms with Gasteiger partial charge in [0.05, 0.1) is 4.92 Å². The Morgan fingerprint density at radius 2 is 2.17 bits per heavy atom. The molecule has 1 aromatic rings. The first-order valence-corrected chi connectivity index (χ1v) is 3.89. The molecule has 0 aliphatic heterocycles. The summed E-state index contributed by atoms with van der Waals surface area (Å²) in [5.41, 5.74) is 2.33. The predicted octanol–water partition coefficient (Wildman–Crippen LogP) is 2.47. The van der Waals surface area contributed by atoms with Crippen LogP contribution < -0.4 is 0 Å². The lowest BCUT2D eigenvalue weighted by Crippen LogP contribution is -1.91. The van der Waals surface area contributed by atoms with Crippen molar-refractivity contribution in [3.8, 4) is 0 Å². The zero-order chi connectivity index (χ0) is 9.14. The quantitative estimate of drug-likeness (QED) is 0.499. The van der Waals surface area contributed by atoms with Crippen LogP contribution in [-0.4, -0.2) is 4.92 Å². The summed E-state index contributed by atoms with van der Waals surface area (Å²) in [7, 11) is 0. The summed E-state index contributed by atoms with van der Waals surface area (Å²) in [5.74, 6) is 0. The molecular formula is C9H11NO2. The third kappa shape index (κ3) is 1.61. The van der Waals surface area contributed by atoms with Crippen LogP contribution in [0.5, 0.6) is 0 Å². The molecule has 0 spiro atoms. The fraction of sp³-hybridized carbons (Fsp3) is 0.333. The number of non-ortho nitro benzene ring substituents is 1. The summed E-state index contributed by atoms with van der Waals surface area (Å²) in [6, 6.07) is 4.97. The Labute approximate surface area is 71.2 Å². The Morgan fingerprint density at radius 3 is 2.58 bits per heavy atom. The minimum Gasteiger partial charge on any atom is -0.258 e. The van der Waals surface area contributed by atoms with Crippen molar-refractivity contribution in [1.82, 2.24) is 0 Å². The molecule has 1 rings (SSSR count). The van der Waals surface area contributed by atoms with E-state index in [1.54, 1.807) is 12.1 Å². The average molecular weight is 165 g/mol. The molecule has 0 fully saturated rings. The number of benzene rings is 1. The fourth-order valence-corrected chi connectivity index (χ4v) is 1.19. The Morgan fingerprint density at radius 1 is 1.50 bits per heavy atom. The fourth-order valence-electron chi connectivity index (χ4n) is 1.19. The molecule has 0 unspecified atom stereocenters. The van der Waals surface area contributed by atoms with Crippen LogP contribution >= 0.6 is 0 Å². The molecule has 0 radical (unpaired) electrons. The van der Waals surface area contributed by atoms with E-state index in [1.807, 2.05) is 19.9 Å². The van der Waals surface area contributed by atoms with Gasteiger partial charge < -0.3 is 0 Å². The molecule has 12 heavy (non-hydrogen) atoms. The predicted molar refractivity (Wildman–Crippen MR) is 47.2 cm³/mol. The van der Waals surface area contributed by atoms with Gasteiger partial charge in [0.25, 0.3) is 5.69 Å². The van der Waals surface area contributed by atoms with Crippen molar-refractivity contribution >= 4 is 5.69 Å². The van der Waals surface area contributed by atoms with E-state index in [1.165, 1.54) is 5.56 Å². The zero-order valence-electron chi connectivity index (χ0n) is 7.20. The van der Waals surface area contributed by atoms with E-state index < -0.39 is 0 Å². The molecule has 0 amide bonds. The lowest BCUT2D eigenvalue weighted by Gasteiger charge is -2.00. The van der Waals surface area contributed by atoms with Gasteiger partial charge in [0.2, 0.25) is 0 Å². The molecule has 0 bridgehead atoms. The highest BCUT2D eigenvalue weighted by Gasteiger charge is 2.05. The molecule has 64 valence electrons. The van der Waals surface area contributed by atoms with E-state index in [2.05, 4.69) is 0 Å². The number of rotatable bonds is 2. The first kappa shape index (κ1) is 8.71. The number of hydrogen-bond acceptors (Lipinski definition) is 2. The molecule has 0 atom stereocenters. The second-order valence-electron chi connectivity index (χ2n) is 2.72. The smallest absolute Gasteiger partial charge is 0.258 e. The van der Waals surface area contributed by atoms with E-state index in [0.717, 1.165) is 12.0 Å². The standard InChI is InChI=1S/C9H11NO2/c1-3-8-4-5-9(10(11)12)6-7(8)2/h4-6H,3H2,1-2H3. The lowest BCUT2D eigenvalue weighted by atomic mass is 10.1. The SMILES string of the molecule is CCc1ccc([N+](=O)[O-])cc1C. The highest BCUT2D eigenvalue weighted by molar-refractivity contribution is 5.39. The van der Waals surface area contributed by atoms with E-state index >= 15 is 0 Å². The maximum Gasteiger partial charge on any atom is 0.269 e. The molecule has 0 aliphatic carbocycles. The minimum absolute atomic E-state index is 0.171. The minimum atomic E-state index is -0.369. The molecule has 0 heterocycles. The summed E-state index contributed by atoms with van der Waals surface area (Å²) < 4.78 is 0. The lowest BCUT2D eigenvalue weighted by molar-refractivity contribution is -0.384. The van der Waals surface area contributed by atoms with Gasteiger partial charge in [-0.3, -0.25) is 10.1 Å². The van der Waals surface area contributed by atoms with Crippen molar-refractivity contribution in [3.05, 3.63) is 39.4 Å². The van der Waals surface area contributed by atoms with Crippen molar-refractivity contribution in [2.24, 2.45) is 0 Å². The Kier molecular flexibility index (Phi) is 2.43. The molecule has 0 aliphatic rings. The van der Waals surface area contributed by atoms with E-state index in [4.69, 9.17) is 0 Å². The largest absolute Gasteiger partial charge is 0.269 e. The third-order valence-corrected chi connectivity index (χ3v) is 1.92. The van der Waals surface area contributed by atoms with Gasteiger partial charge in [-0.25, -0.2) is 0 Å². The van der Waals surface area contributed by atoms with Gasteiger partial charge >= 0.3 is 0 Å². The molecule has 0 saturated carbocycles. The molecule has 0 saturated heterocycles. The first-order chi connectivity index (χ1) is 5.65. The van der Waals surface area contributed by atoms with Gasteiger partial charge in [-0.1, -0.05) is 13.0 Å². The first-order valence-electron chi connectivity index (χ1n) is 3.89. The topological polar surface area (TPSA) is 43.1 Å². The highest BCUT2D eigenvalue weighted by Crippen LogP contribution is 2.16. The summed E-state index contributed by atoms with van der Waals surface area (Å²) in [6.07, 6.45) is 0.920. The molecule has 1 aromatic carbocycles. The number of aryl methyl sites for hydroxylation is 2. The highest BCUT2D eigenvalue weighted by atomic mass is 16.6. The summed E-state index contributed by atoms with van der Waals surface area (Å²) in [6.45, 7) is 3.93. The molecule has 3 nitrogen and oxygen atoms in total. The van der Waals surface area contributed by atoms with Crippen molar-refractivity contribution in [2.45, 2.75) is 20.3 Å². The Hall–Kier alpha value is -1.38. The van der Waals surface area contributed by atoms with E-state index in [9.17, 15) is 10.1 Å². The van der Waals surface area contributed by atoms with Crippen LogP contribution in [0.2, 0.25) is 0 Å². The normalized spacial score (nSPS) is 9.83. The van der Waals surface area contributed by atoms with Crippen LogP contribution in [-0.2, 0) is 6.42 Å². The van der Waals surface area contributed by atoms with Crippen LogP contribution in [0, 0.1) is 17.0 Å². The van der Waals surface area contributed by atoms with Gasteiger partial charge in [0, 0.05) is 12.1 Å². The zero-order valence-corrected chi connectivity index (χ0v) is 7.20. The molecule has 0 N–H and O–H groups in total. The number of nitrogens with zero attached hydrogens (tertiary/aromatic N) is 1. The van der Waals surface area contributed by atoms with Gasteiger partial charge in [-0.2, -0.15) is 0 Å². The third-order valence-electron chi connectivity index (χ3n) is 1.92. The van der Waals surface area contributed by atoms with Crippen molar-refractivity contribution < 1.29 is 4.92 Å². The number of hydrogen-bond donors (Lipinski definition) is 0. The molecular weight excluding hydrogens is 154 g/mol. The average Bonchev–Trinajstić information content (AvgIpc) is 2.04. The van der Waals surface area contributed by atoms with E-state index in [0.29, 0.717) is 0 Å². The van der Waals surface area contributed by atoms with Crippen LogP contribution in [0.4, 0.5) is 5.69 Å². The number of nitro benzene ring substituents is 1.